The average Bonchev–Trinajstić information content (AvgIpc) is 3.06. The molecule has 10 heteroatoms. The van der Waals surface area contributed by atoms with Gasteiger partial charge in [0.15, 0.2) is 0 Å². The van der Waals surface area contributed by atoms with Gasteiger partial charge >= 0.3 is 6.36 Å². The molecule has 26 heavy (non-hydrogen) atoms. The molecule has 1 amide bonds. The maximum Gasteiger partial charge on any atom is 0.573 e. The summed E-state index contributed by atoms with van der Waals surface area (Å²) < 4.78 is 42.6. The predicted molar refractivity (Wildman–Crippen MR) is 90.8 cm³/mol. The number of aromatic nitrogens is 3. The van der Waals surface area contributed by atoms with Crippen LogP contribution in [-0.4, -0.2) is 26.9 Å². The van der Waals surface area contributed by atoms with E-state index in [4.69, 9.17) is 0 Å². The number of nitrogens with zero attached hydrogens (tertiary/aromatic N) is 3. The molecule has 1 aromatic carbocycles. The van der Waals surface area contributed by atoms with E-state index in [0.717, 1.165) is 18.0 Å². The van der Waals surface area contributed by atoms with Crippen molar-refractivity contribution in [1.29, 1.82) is 0 Å². The number of hydrogen-bond donors (Lipinski definition) is 1. The summed E-state index contributed by atoms with van der Waals surface area (Å²) in [4.78, 5) is 13.6. The van der Waals surface area contributed by atoms with Crippen LogP contribution in [0, 0.1) is 6.92 Å². The van der Waals surface area contributed by atoms with Crippen molar-refractivity contribution in [3.8, 4) is 5.75 Å². The van der Waals surface area contributed by atoms with Gasteiger partial charge in [-0.05, 0) is 19.1 Å². The minimum atomic E-state index is -4.79. The summed E-state index contributed by atoms with van der Waals surface area (Å²) in [5.41, 5.74) is 0.878. The number of thiazole rings is 1. The first kappa shape index (κ1) is 18.2. The van der Waals surface area contributed by atoms with Gasteiger partial charge in [0.1, 0.15) is 16.5 Å². The van der Waals surface area contributed by atoms with Crippen molar-refractivity contribution in [2.45, 2.75) is 33.1 Å². The van der Waals surface area contributed by atoms with Gasteiger partial charge in [-0.25, -0.2) is 0 Å². The summed E-state index contributed by atoms with van der Waals surface area (Å²) in [6.07, 6.45) is -4.79. The first-order valence-electron chi connectivity index (χ1n) is 7.67. The van der Waals surface area contributed by atoms with Gasteiger partial charge in [-0.15, -0.1) is 23.4 Å². The lowest BCUT2D eigenvalue weighted by Crippen LogP contribution is -2.17. The van der Waals surface area contributed by atoms with Crippen molar-refractivity contribution < 1.29 is 22.7 Å². The first-order valence-corrected chi connectivity index (χ1v) is 8.49. The molecule has 1 N–H and O–H groups in total. The fourth-order valence-electron chi connectivity index (χ4n) is 2.47. The number of carbonyl (C=O) groups excluding carboxylic acids is 1. The highest BCUT2D eigenvalue weighted by atomic mass is 32.1. The molecule has 138 valence electrons. The highest BCUT2D eigenvalue weighted by molar-refractivity contribution is 7.19. The van der Waals surface area contributed by atoms with Crippen LogP contribution in [-0.2, 0) is 0 Å². The third-order valence-electron chi connectivity index (χ3n) is 3.56. The number of nitrogens with one attached hydrogen (secondary N) is 1. The largest absolute Gasteiger partial charge is 0.573 e. The second-order valence-corrected chi connectivity index (χ2v) is 6.85. The highest BCUT2D eigenvalue weighted by Crippen LogP contribution is 2.28. The van der Waals surface area contributed by atoms with Gasteiger partial charge in [0.25, 0.3) is 5.91 Å². The van der Waals surface area contributed by atoms with Crippen molar-refractivity contribution in [2.24, 2.45) is 0 Å². The Hall–Kier alpha value is -2.62. The number of ether oxygens (including phenoxy) is 1. The van der Waals surface area contributed by atoms with Gasteiger partial charge in [0.2, 0.25) is 4.96 Å². The van der Waals surface area contributed by atoms with E-state index in [9.17, 15) is 18.0 Å². The number of carbonyl (C=O) groups is 1. The molecule has 0 fully saturated rings. The van der Waals surface area contributed by atoms with E-state index < -0.39 is 18.0 Å². The zero-order valence-corrected chi connectivity index (χ0v) is 14.9. The molecule has 0 unspecified atom stereocenters. The number of benzene rings is 1. The Morgan fingerprint density at radius 1 is 1.31 bits per heavy atom. The van der Waals surface area contributed by atoms with Gasteiger partial charge in [-0.3, -0.25) is 9.20 Å². The molecule has 2 aromatic heterocycles. The summed E-state index contributed by atoms with van der Waals surface area (Å²) in [6, 6.07) is 5.12. The highest BCUT2D eigenvalue weighted by Gasteiger charge is 2.31. The molecule has 0 bridgehead atoms. The van der Waals surface area contributed by atoms with Gasteiger partial charge < -0.3 is 10.1 Å². The lowest BCUT2D eigenvalue weighted by Gasteiger charge is -2.10. The maximum atomic E-state index is 12.6. The minimum Gasteiger partial charge on any atom is -0.406 e. The monoisotopic (exact) mass is 384 g/mol. The maximum absolute atomic E-state index is 12.6. The number of anilines is 1. The second kappa shape index (κ2) is 6.60. The zero-order valence-electron chi connectivity index (χ0n) is 14.1. The number of aryl methyl sites for hydroxylation is 1. The minimum absolute atomic E-state index is 0.130. The lowest BCUT2D eigenvalue weighted by molar-refractivity contribution is -0.274. The molecule has 0 saturated carbocycles. The number of halogens is 3. The Morgan fingerprint density at radius 2 is 2.04 bits per heavy atom. The van der Waals surface area contributed by atoms with Crippen LogP contribution in [0.4, 0.5) is 18.9 Å². The summed E-state index contributed by atoms with van der Waals surface area (Å²) in [7, 11) is 0. The zero-order chi connectivity index (χ0) is 19.1. The van der Waals surface area contributed by atoms with E-state index in [2.05, 4.69) is 20.3 Å². The Morgan fingerprint density at radius 3 is 2.69 bits per heavy atom. The quantitative estimate of drug-likeness (QED) is 0.725. The van der Waals surface area contributed by atoms with Gasteiger partial charge in [-0.2, -0.15) is 0 Å². The van der Waals surface area contributed by atoms with E-state index in [-0.39, 0.29) is 11.6 Å². The van der Waals surface area contributed by atoms with Crippen LogP contribution in [0.25, 0.3) is 4.96 Å². The van der Waals surface area contributed by atoms with E-state index in [1.165, 1.54) is 23.5 Å². The molecule has 6 nitrogen and oxygen atoms in total. The third kappa shape index (κ3) is 3.64. The van der Waals surface area contributed by atoms with Crippen LogP contribution in [0.3, 0.4) is 0 Å². The Bertz CT molecular complexity index is 962. The van der Waals surface area contributed by atoms with E-state index in [1.54, 1.807) is 6.92 Å². The number of hydrogen-bond acceptors (Lipinski definition) is 5. The van der Waals surface area contributed by atoms with Crippen LogP contribution >= 0.6 is 11.3 Å². The Labute approximate surface area is 150 Å². The van der Waals surface area contributed by atoms with Gasteiger partial charge in [0.05, 0.1) is 0 Å². The fourth-order valence-corrected chi connectivity index (χ4v) is 3.44. The molecule has 3 rings (SSSR count). The lowest BCUT2D eigenvalue weighted by atomic mass is 10.2. The molecule has 0 aliphatic rings. The number of amides is 1. The average molecular weight is 384 g/mol. The molecular weight excluding hydrogens is 369 g/mol. The molecule has 0 spiro atoms. The van der Waals surface area contributed by atoms with Crippen molar-refractivity contribution >= 4 is 27.9 Å². The predicted octanol–water partition coefficient (Wildman–Crippen LogP) is 4.37. The topological polar surface area (TPSA) is 68.5 Å². The van der Waals surface area contributed by atoms with Crippen LogP contribution < -0.4 is 10.1 Å². The van der Waals surface area contributed by atoms with Crippen LogP contribution in [0.2, 0.25) is 0 Å². The van der Waals surface area contributed by atoms with E-state index in [1.807, 2.05) is 18.2 Å². The van der Waals surface area contributed by atoms with E-state index in [0.29, 0.717) is 15.5 Å². The second-order valence-electron chi connectivity index (χ2n) is 5.88. The molecule has 0 aliphatic heterocycles. The fraction of sp³-hybridized carbons (Fsp3) is 0.312. The third-order valence-corrected chi connectivity index (χ3v) is 4.70. The molecular formula is C16H15F3N4O2S. The summed E-state index contributed by atoms with van der Waals surface area (Å²) >= 11 is 1.17. The van der Waals surface area contributed by atoms with Crippen LogP contribution in [0.5, 0.6) is 5.75 Å². The Kier molecular flexibility index (Phi) is 4.61. The van der Waals surface area contributed by atoms with E-state index >= 15 is 0 Å². The first-order chi connectivity index (χ1) is 12.2. The molecule has 2 heterocycles. The Balaban J connectivity index is 1.86. The standard InChI is InChI=1S/C16H15F3N4O2S/c1-8(2)13-21-22-15-23(13)9(3)12(26-15)14(24)20-10-5-4-6-11(7-10)25-16(17,18)19/h4-8H,1-3H3,(H,20,24). The van der Waals surface area contributed by atoms with Crippen LogP contribution in [0.1, 0.15) is 41.0 Å². The van der Waals surface area contributed by atoms with Gasteiger partial charge in [-0.1, -0.05) is 31.3 Å². The van der Waals surface area contributed by atoms with Crippen molar-refractivity contribution in [1.82, 2.24) is 14.6 Å². The smallest absolute Gasteiger partial charge is 0.406 e. The SMILES string of the molecule is Cc1c(C(=O)Nc2cccc(OC(F)(F)F)c2)sc2nnc(C(C)C)n12. The number of alkyl halides is 3. The number of fused-ring (bicyclic) bond motifs is 1. The summed E-state index contributed by atoms with van der Waals surface area (Å²) in [5, 5.41) is 10.8. The van der Waals surface area contributed by atoms with Gasteiger partial charge in [0, 0.05) is 23.4 Å². The number of rotatable bonds is 4. The molecule has 0 atom stereocenters. The molecule has 0 saturated heterocycles. The normalized spacial score (nSPS) is 12.0. The van der Waals surface area contributed by atoms with Crippen molar-refractivity contribution in [2.75, 3.05) is 5.32 Å². The molecule has 0 aliphatic carbocycles. The van der Waals surface area contributed by atoms with Crippen molar-refractivity contribution in [3.63, 3.8) is 0 Å². The summed E-state index contributed by atoms with van der Waals surface area (Å²) in [5.74, 6) is 0.0370. The summed E-state index contributed by atoms with van der Waals surface area (Å²) in [6.45, 7) is 5.72. The van der Waals surface area contributed by atoms with Crippen LogP contribution in [0.15, 0.2) is 24.3 Å². The molecule has 0 radical (unpaired) electrons. The van der Waals surface area contributed by atoms with Crippen molar-refractivity contribution in [3.05, 3.63) is 40.7 Å². The molecule has 3 aromatic rings.